The molecule has 0 aromatic heterocycles. The van der Waals surface area contributed by atoms with Crippen LogP contribution in [0.2, 0.25) is 0 Å². The number of halogens is 3. The Morgan fingerprint density at radius 3 is 2.21 bits per heavy atom. The quantitative estimate of drug-likeness (QED) is 0.291. The van der Waals surface area contributed by atoms with Crippen LogP contribution in [0.3, 0.4) is 0 Å². The van der Waals surface area contributed by atoms with Crippen molar-refractivity contribution in [3.05, 3.63) is 65.2 Å². The molecular formula is C28H32F3NO6. The summed E-state index contributed by atoms with van der Waals surface area (Å²) in [7, 11) is 0. The number of carbonyl (C=O) groups is 3. The fourth-order valence-corrected chi connectivity index (χ4v) is 3.98. The van der Waals surface area contributed by atoms with E-state index in [4.69, 9.17) is 14.9 Å². The summed E-state index contributed by atoms with van der Waals surface area (Å²) in [6.07, 6.45) is -0.0282. The summed E-state index contributed by atoms with van der Waals surface area (Å²) in [5.41, 5.74) is 0.786. The van der Waals surface area contributed by atoms with Crippen molar-refractivity contribution in [1.29, 1.82) is 0 Å². The number of Topliss-reactive ketones (excluding diaryl/α,β-unsaturated/α-hetero) is 1. The predicted octanol–water partition coefficient (Wildman–Crippen LogP) is 5.85. The van der Waals surface area contributed by atoms with Crippen LogP contribution in [0.5, 0.6) is 5.75 Å². The lowest BCUT2D eigenvalue weighted by Crippen LogP contribution is -2.25. The van der Waals surface area contributed by atoms with Crippen LogP contribution in [0, 0.1) is 6.92 Å². The molecule has 1 aliphatic heterocycles. The molecule has 38 heavy (non-hydrogen) atoms. The van der Waals surface area contributed by atoms with Crippen LogP contribution in [0.25, 0.3) is 11.1 Å². The van der Waals surface area contributed by atoms with E-state index in [1.807, 2.05) is 6.92 Å². The van der Waals surface area contributed by atoms with Crippen molar-refractivity contribution in [3.63, 3.8) is 0 Å². The number of nitrogens with zero attached hydrogens (tertiary/aromatic N) is 1. The topological polar surface area (TPSA) is 104 Å². The highest BCUT2D eigenvalue weighted by atomic mass is 19.4. The molecule has 1 saturated heterocycles. The van der Waals surface area contributed by atoms with Crippen LogP contribution in [-0.2, 0) is 15.8 Å². The lowest BCUT2D eigenvalue weighted by molar-refractivity contribution is -0.137. The Morgan fingerprint density at radius 2 is 1.66 bits per heavy atom. The Kier molecular flexibility index (Phi) is 11.5. The molecule has 0 amide bonds. The first kappa shape index (κ1) is 30.6. The second-order valence-corrected chi connectivity index (χ2v) is 8.82. The molecule has 0 atom stereocenters. The molecule has 0 saturated carbocycles. The maximum atomic E-state index is 13.9. The molecular weight excluding hydrogens is 503 g/mol. The highest BCUT2D eigenvalue weighted by Gasteiger charge is 2.35. The number of aryl methyl sites for hydroxylation is 1. The molecule has 1 aliphatic rings. The number of carboxylic acid groups (broad SMARTS) is 2. The SMILES string of the molecule is CCCC(=O)c1cccc(-c2cc(C)c(OCCN3CCCC3)cc2C(F)(F)F)c1.O=C(O)C=CC(=O)O. The highest BCUT2D eigenvalue weighted by Crippen LogP contribution is 2.41. The number of alkyl halides is 3. The van der Waals surface area contributed by atoms with Crippen molar-refractivity contribution >= 4 is 17.7 Å². The number of likely N-dealkylation sites (tertiary alicyclic amines) is 1. The third-order valence-corrected chi connectivity index (χ3v) is 5.83. The summed E-state index contributed by atoms with van der Waals surface area (Å²) in [5, 5.41) is 15.6. The van der Waals surface area contributed by atoms with Gasteiger partial charge in [0.05, 0.1) is 5.56 Å². The number of benzene rings is 2. The average Bonchev–Trinajstić information content (AvgIpc) is 3.37. The van der Waals surface area contributed by atoms with Crippen molar-refractivity contribution < 1.29 is 42.5 Å². The average molecular weight is 536 g/mol. The van der Waals surface area contributed by atoms with E-state index in [0.29, 0.717) is 54.8 Å². The van der Waals surface area contributed by atoms with Crippen LogP contribution in [-0.4, -0.2) is 59.1 Å². The first-order chi connectivity index (χ1) is 17.9. The zero-order valence-corrected chi connectivity index (χ0v) is 21.4. The number of aliphatic carboxylic acids is 2. The van der Waals surface area contributed by atoms with E-state index in [2.05, 4.69) is 4.90 Å². The van der Waals surface area contributed by atoms with Gasteiger partial charge in [0, 0.05) is 30.7 Å². The molecule has 0 bridgehead atoms. The Balaban J connectivity index is 0.000000550. The largest absolute Gasteiger partial charge is 0.492 e. The van der Waals surface area contributed by atoms with Crippen LogP contribution >= 0.6 is 0 Å². The zero-order valence-electron chi connectivity index (χ0n) is 21.4. The van der Waals surface area contributed by atoms with Gasteiger partial charge in [-0.3, -0.25) is 9.69 Å². The van der Waals surface area contributed by atoms with Crippen LogP contribution < -0.4 is 4.74 Å². The van der Waals surface area contributed by atoms with Crippen molar-refractivity contribution in [2.24, 2.45) is 0 Å². The van der Waals surface area contributed by atoms with Gasteiger partial charge in [-0.05, 0) is 74.2 Å². The summed E-state index contributed by atoms with van der Waals surface area (Å²) in [4.78, 5) is 33.6. The van der Waals surface area contributed by atoms with Crippen molar-refractivity contribution in [1.82, 2.24) is 4.90 Å². The molecule has 0 radical (unpaired) electrons. The van der Waals surface area contributed by atoms with E-state index in [-0.39, 0.29) is 17.1 Å². The molecule has 10 heteroatoms. The minimum atomic E-state index is -4.53. The summed E-state index contributed by atoms with van der Waals surface area (Å²) >= 11 is 0. The van der Waals surface area contributed by atoms with E-state index in [0.717, 1.165) is 32.0 Å². The zero-order chi connectivity index (χ0) is 28.3. The highest BCUT2D eigenvalue weighted by molar-refractivity contribution is 5.97. The number of ether oxygens (including phenoxy) is 1. The standard InChI is InChI=1S/C24H28F3NO2.C4H4O4/c1-3-7-22(29)19-9-6-8-18(15-19)20-14-17(2)23(16-21(20)24(25,26)27)30-13-12-28-10-4-5-11-28;5-3(6)1-2-4(7)8/h6,8-9,14-16H,3-5,7,10-13H2,1-2H3;1-2H,(H,5,6)(H,7,8). The van der Waals surface area contributed by atoms with Gasteiger partial charge in [0.2, 0.25) is 0 Å². The van der Waals surface area contributed by atoms with E-state index in [9.17, 15) is 27.6 Å². The summed E-state index contributed by atoms with van der Waals surface area (Å²) in [6.45, 7) is 6.75. The number of carboxylic acids is 2. The van der Waals surface area contributed by atoms with Gasteiger partial charge in [-0.2, -0.15) is 13.2 Å². The molecule has 1 fully saturated rings. The van der Waals surface area contributed by atoms with Gasteiger partial charge < -0.3 is 14.9 Å². The number of rotatable bonds is 10. The summed E-state index contributed by atoms with van der Waals surface area (Å²) < 4.78 is 47.3. The first-order valence-electron chi connectivity index (χ1n) is 12.3. The smallest absolute Gasteiger partial charge is 0.417 e. The predicted molar refractivity (Wildman–Crippen MR) is 136 cm³/mol. The third-order valence-electron chi connectivity index (χ3n) is 5.83. The lowest BCUT2D eigenvalue weighted by Gasteiger charge is -2.19. The molecule has 2 aromatic rings. The molecule has 1 heterocycles. The Hall–Kier alpha value is -3.66. The van der Waals surface area contributed by atoms with Gasteiger partial charge in [0.15, 0.2) is 5.78 Å². The van der Waals surface area contributed by atoms with Gasteiger partial charge in [0.1, 0.15) is 12.4 Å². The van der Waals surface area contributed by atoms with E-state index in [1.54, 1.807) is 31.2 Å². The van der Waals surface area contributed by atoms with E-state index in [1.165, 1.54) is 6.07 Å². The molecule has 0 spiro atoms. The second-order valence-electron chi connectivity index (χ2n) is 8.82. The van der Waals surface area contributed by atoms with Crippen molar-refractivity contribution in [3.8, 4) is 16.9 Å². The normalized spacial score (nSPS) is 13.7. The number of carbonyl (C=O) groups excluding carboxylic acids is 1. The van der Waals surface area contributed by atoms with Gasteiger partial charge in [-0.1, -0.05) is 25.1 Å². The van der Waals surface area contributed by atoms with Crippen LogP contribution in [0.1, 0.15) is 54.1 Å². The van der Waals surface area contributed by atoms with Crippen molar-refractivity contribution in [2.75, 3.05) is 26.2 Å². The monoisotopic (exact) mass is 535 g/mol. The first-order valence-corrected chi connectivity index (χ1v) is 12.3. The molecule has 206 valence electrons. The maximum Gasteiger partial charge on any atom is 0.417 e. The molecule has 0 aliphatic carbocycles. The van der Waals surface area contributed by atoms with Gasteiger partial charge in [-0.15, -0.1) is 0 Å². The number of ketones is 1. The van der Waals surface area contributed by atoms with Gasteiger partial charge in [0.25, 0.3) is 0 Å². The van der Waals surface area contributed by atoms with Gasteiger partial charge >= 0.3 is 18.1 Å². The molecule has 3 rings (SSSR count). The molecule has 2 aromatic carbocycles. The molecule has 0 unspecified atom stereocenters. The Morgan fingerprint density at radius 1 is 1.03 bits per heavy atom. The Bertz CT molecular complexity index is 1140. The van der Waals surface area contributed by atoms with E-state index >= 15 is 0 Å². The minimum Gasteiger partial charge on any atom is -0.492 e. The number of hydrogen-bond acceptors (Lipinski definition) is 5. The third kappa shape index (κ3) is 9.66. The summed E-state index contributed by atoms with van der Waals surface area (Å²) in [5.74, 6) is -2.32. The molecule has 2 N–H and O–H groups in total. The maximum absolute atomic E-state index is 13.9. The minimum absolute atomic E-state index is 0.0634. The Labute approximate surface area is 219 Å². The fraction of sp³-hybridized carbons (Fsp3) is 0.393. The second kappa shape index (κ2) is 14.3. The van der Waals surface area contributed by atoms with Gasteiger partial charge in [-0.25, -0.2) is 9.59 Å². The van der Waals surface area contributed by atoms with Crippen molar-refractivity contribution in [2.45, 2.75) is 45.7 Å². The summed E-state index contributed by atoms with van der Waals surface area (Å²) in [6, 6.07) is 9.05. The number of hydrogen-bond donors (Lipinski definition) is 2. The van der Waals surface area contributed by atoms with Crippen LogP contribution in [0.15, 0.2) is 48.6 Å². The van der Waals surface area contributed by atoms with E-state index < -0.39 is 23.7 Å². The lowest BCUT2D eigenvalue weighted by atomic mass is 9.94. The fourth-order valence-electron chi connectivity index (χ4n) is 3.98. The molecule has 7 nitrogen and oxygen atoms in total. The van der Waals surface area contributed by atoms with Crippen LogP contribution in [0.4, 0.5) is 13.2 Å².